The molecule has 0 aliphatic carbocycles. The Labute approximate surface area is 134 Å². The summed E-state index contributed by atoms with van der Waals surface area (Å²) in [6, 6.07) is 4.64. The fourth-order valence-corrected chi connectivity index (χ4v) is 3.41. The Morgan fingerprint density at radius 3 is 2.48 bits per heavy atom. The van der Waals surface area contributed by atoms with E-state index in [1.807, 2.05) is 19.2 Å². The molecule has 5 heteroatoms. The molecule has 114 valence electrons. The summed E-state index contributed by atoms with van der Waals surface area (Å²) in [4.78, 5) is 4.65. The molecule has 0 fully saturated rings. The Kier molecular flexibility index (Phi) is 5.36. The van der Waals surface area contributed by atoms with Crippen LogP contribution in [-0.4, -0.2) is 11.0 Å². The average Bonchev–Trinajstić information content (AvgIpc) is 2.86. The molecule has 1 heterocycles. The maximum absolute atomic E-state index is 14.3. The van der Waals surface area contributed by atoms with Crippen molar-refractivity contribution in [2.45, 2.75) is 45.7 Å². The maximum Gasteiger partial charge on any atom is 0.129 e. The van der Waals surface area contributed by atoms with Gasteiger partial charge in [0, 0.05) is 22.0 Å². The van der Waals surface area contributed by atoms with Crippen LogP contribution in [0.3, 0.4) is 0 Å². The molecule has 1 aromatic carbocycles. The Hall–Kier alpha value is -0.970. The fraction of sp³-hybridized carbons (Fsp3) is 0.438. The summed E-state index contributed by atoms with van der Waals surface area (Å²) in [5.41, 5.74) is 1.50. The van der Waals surface area contributed by atoms with E-state index in [1.165, 1.54) is 6.07 Å². The quantitative estimate of drug-likeness (QED) is 0.822. The molecule has 0 bridgehead atoms. The van der Waals surface area contributed by atoms with Gasteiger partial charge in [-0.25, -0.2) is 9.37 Å². The zero-order valence-corrected chi connectivity index (χ0v) is 14.2. The smallest absolute Gasteiger partial charge is 0.129 e. The minimum atomic E-state index is -0.323. The summed E-state index contributed by atoms with van der Waals surface area (Å²) in [5, 5.41) is 6.67. The first kappa shape index (κ1) is 16.4. The number of halogens is 2. The van der Waals surface area contributed by atoms with E-state index < -0.39 is 0 Å². The second-order valence-electron chi connectivity index (χ2n) is 5.66. The fourth-order valence-electron chi connectivity index (χ4n) is 2.10. The van der Waals surface area contributed by atoms with Gasteiger partial charge in [-0.05, 0) is 31.9 Å². The lowest BCUT2D eigenvalue weighted by atomic mass is 10.1. The van der Waals surface area contributed by atoms with Crippen LogP contribution in [0.15, 0.2) is 23.6 Å². The van der Waals surface area contributed by atoms with Gasteiger partial charge >= 0.3 is 0 Å². The van der Waals surface area contributed by atoms with Crippen molar-refractivity contribution in [2.24, 2.45) is 0 Å². The molecule has 0 saturated carbocycles. The van der Waals surface area contributed by atoms with E-state index in [9.17, 15) is 4.39 Å². The minimum absolute atomic E-state index is 0.192. The zero-order chi connectivity index (χ0) is 15.6. The van der Waals surface area contributed by atoms with Crippen molar-refractivity contribution >= 4 is 22.9 Å². The van der Waals surface area contributed by atoms with Gasteiger partial charge in [-0.2, -0.15) is 0 Å². The van der Waals surface area contributed by atoms with Crippen LogP contribution >= 0.6 is 22.9 Å². The van der Waals surface area contributed by atoms with Crippen molar-refractivity contribution in [1.29, 1.82) is 0 Å². The highest BCUT2D eigenvalue weighted by Gasteiger charge is 2.24. The number of benzene rings is 1. The molecule has 1 N–H and O–H groups in total. The van der Waals surface area contributed by atoms with Crippen LogP contribution in [0.25, 0.3) is 0 Å². The molecule has 0 aliphatic heterocycles. The summed E-state index contributed by atoms with van der Waals surface area (Å²) in [6.07, 6.45) is 0. The van der Waals surface area contributed by atoms with E-state index in [0.29, 0.717) is 16.5 Å². The molecule has 0 saturated heterocycles. The highest BCUT2D eigenvalue weighted by molar-refractivity contribution is 7.09. The predicted molar refractivity (Wildman–Crippen MR) is 87.7 cm³/mol. The first-order valence-electron chi connectivity index (χ1n) is 7.05. The second kappa shape index (κ2) is 6.86. The molecule has 0 radical (unpaired) electrons. The number of thiazole rings is 1. The van der Waals surface area contributed by atoms with Gasteiger partial charge in [0.15, 0.2) is 0 Å². The van der Waals surface area contributed by atoms with Gasteiger partial charge in [0.1, 0.15) is 10.8 Å². The van der Waals surface area contributed by atoms with Gasteiger partial charge in [0.2, 0.25) is 0 Å². The van der Waals surface area contributed by atoms with Gasteiger partial charge in [0.25, 0.3) is 0 Å². The first-order chi connectivity index (χ1) is 9.90. The van der Waals surface area contributed by atoms with Crippen LogP contribution in [-0.2, 0) is 0 Å². The Bertz CT molecular complexity index is 590. The van der Waals surface area contributed by atoms with Crippen LogP contribution in [0.2, 0.25) is 5.02 Å². The second-order valence-corrected chi connectivity index (χ2v) is 6.95. The molecular formula is C16H20ClFN2S. The standard InChI is InChI=1S/C16H20ClFN2S/c1-9(2)13-8-21-16(20-13)15(19-10(3)4)14-11(17)6-5-7-12(14)18/h5-10,15,19H,1-4H3. The number of nitrogens with one attached hydrogen (secondary N) is 1. The minimum Gasteiger partial charge on any atom is -0.302 e. The maximum atomic E-state index is 14.3. The van der Waals surface area contributed by atoms with E-state index in [4.69, 9.17) is 11.6 Å². The predicted octanol–water partition coefficient (Wildman–Crippen LogP) is 5.15. The first-order valence-corrected chi connectivity index (χ1v) is 8.31. The zero-order valence-electron chi connectivity index (χ0n) is 12.7. The molecule has 0 aliphatic rings. The molecular weight excluding hydrogens is 307 g/mol. The number of hydrogen-bond acceptors (Lipinski definition) is 3. The molecule has 21 heavy (non-hydrogen) atoms. The van der Waals surface area contributed by atoms with Crippen LogP contribution in [0.1, 0.15) is 55.9 Å². The topological polar surface area (TPSA) is 24.9 Å². The SMILES string of the molecule is CC(C)NC(c1nc(C(C)C)cs1)c1c(F)cccc1Cl. The van der Waals surface area contributed by atoms with Gasteiger partial charge in [-0.3, -0.25) is 0 Å². The summed E-state index contributed by atoms with van der Waals surface area (Å²) in [6.45, 7) is 8.25. The highest BCUT2D eigenvalue weighted by Crippen LogP contribution is 2.33. The van der Waals surface area contributed by atoms with Gasteiger partial charge in [0.05, 0.1) is 11.7 Å². The summed E-state index contributed by atoms with van der Waals surface area (Å²) in [5.74, 6) is 0.0488. The summed E-state index contributed by atoms with van der Waals surface area (Å²) >= 11 is 7.77. The molecule has 2 rings (SSSR count). The third-order valence-electron chi connectivity index (χ3n) is 3.17. The van der Waals surface area contributed by atoms with Crippen LogP contribution in [0.5, 0.6) is 0 Å². The number of nitrogens with zero attached hydrogens (tertiary/aromatic N) is 1. The highest BCUT2D eigenvalue weighted by atomic mass is 35.5. The molecule has 2 aromatic rings. The van der Waals surface area contributed by atoms with E-state index in [2.05, 4.69) is 24.1 Å². The number of rotatable bonds is 5. The van der Waals surface area contributed by atoms with Crippen molar-refractivity contribution in [3.05, 3.63) is 50.7 Å². The van der Waals surface area contributed by atoms with Crippen LogP contribution in [0.4, 0.5) is 4.39 Å². The van der Waals surface area contributed by atoms with E-state index >= 15 is 0 Å². The molecule has 0 spiro atoms. The third-order valence-corrected chi connectivity index (χ3v) is 4.42. The lowest BCUT2D eigenvalue weighted by molar-refractivity contribution is 0.501. The van der Waals surface area contributed by atoms with Gasteiger partial charge in [-0.1, -0.05) is 31.5 Å². The summed E-state index contributed by atoms with van der Waals surface area (Å²) < 4.78 is 14.3. The van der Waals surface area contributed by atoms with Crippen molar-refractivity contribution in [1.82, 2.24) is 10.3 Å². The monoisotopic (exact) mass is 326 g/mol. The van der Waals surface area contributed by atoms with Crippen LogP contribution in [0, 0.1) is 5.82 Å². The third kappa shape index (κ3) is 3.82. The van der Waals surface area contributed by atoms with E-state index in [-0.39, 0.29) is 17.9 Å². The number of hydrogen-bond donors (Lipinski definition) is 1. The largest absolute Gasteiger partial charge is 0.302 e. The Morgan fingerprint density at radius 1 is 1.24 bits per heavy atom. The van der Waals surface area contributed by atoms with Crippen LogP contribution < -0.4 is 5.32 Å². The average molecular weight is 327 g/mol. The van der Waals surface area contributed by atoms with Crippen molar-refractivity contribution in [3.63, 3.8) is 0 Å². The Balaban J connectivity index is 2.47. The van der Waals surface area contributed by atoms with Crippen molar-refractivity contribution < 1.29 is 4.39 Å². The molecule has 1 unspecified atom stereocenters. The van der Waals surface area contributed by atoms with E-state index in [1.54, 1.807) is 23.5 Å². The lowest BCUT2D eigenvalue weighted by Crippen LogP contribution is -2.29. The normalized spacial score (nSPS) is 13.1. The number of aromatic nitrogens is 1. The molecule has 0 amide bonds. The molecule has 1 atom stereocenters. The van der Waals surface area contributed by atoms with Gasteiger partial charge < -0.3 is 5.32 Å². The molecule has 2 nitrogen and oxygen atoms in total. The lowest BCUT2D eigenvalue weighted by Gasteiger charge is -2.21. The van der Waals surface area contributed by atoms with Crippen molar-refractivity contribution in [3.8, 4) is 0 Å². The Morgan fingerprint density at radius 2 is 1.95 bits per heavy atom. The molecule has 1 aromatic heterocycles. The van der Waals surface area contributed by atoms with Gasteiger partial charge in [-0.15, -0.1) is 11.3 Å². The van der Waals surface area contributed by atoms with E-state index in [0.717, 1.165) is 10.7 Å². The van der Waals surface area contributed by atoms with Crippen molar-refractivity contribution in [2.75, 3.05) is 0 Å². The summed E-state index contributed by atoms with van der Waals surface area (Å²) in [7, 11) is 0.